The van der Waals surface area contributed by atoms with Crippen LogP contribution in [0.3, 0.4) is 0 Å². The van der Waals surface area contributed by atoms with Crippen molar-refractivity contribution in [2.45, 2.75) is 20.4 Å². The van der Waals surface area contributed by atoms with Crippen molar-refractivity contribution in [2.24, 2.45) is 5.92 Å². The fourth-order valence-corrected chi connectivity index (χ4v) is 1.07. The van der Waals surface area contributed by atoms with Gasteiger partial charge in [0, 0.05) is 6.54 Å². The van der Waals surface area contributed by atoms with Crippen molar-refractivity contribution in [3.63, 3.8) is 0 Å². The van der Waals surface area contributed by atoms with Crippen molar-refractivity contribution in [1.29, 1.82) is 0 Å². The molecule has 2 N–H and O–H groups in total. The second-order valence-corrected chi connectivity index (χ2v) is 3.40. The van der Waals surface area contributed by atoms with Gasteiger partial charge in [0.1, 0.15) is 0 Å². The van der Waals surface area contributed by atoms with E-state index in [-0.39, 0.29) is 12.5 Å². The molecule has 1 heterocycles. The third-order valence-electron chi connectivity index (χ3n) is 1.66. The van der Waals surface area contributed by atoms with Gasteiger partial charge < -0.3 is 5.11 Å². The summed E-state index contributed by atoms with van der Waals surface area (Å²) >= 11 is 0. The summed E-state index contributed by atoms with van der Waals surface area (Å²) in [6, 6.07) is 0. The van der Waals surface area contributed by atoms with Gasteiger partial charge in [0.05, 0.1) is 0 Å². The third-order valence-corrected chi connectivity index (χ3v) is 1.66. The van der Waals surface area contributed by atoms with Crippen LogP contribution in [0.4, 0.5) is 4.39 Å². The van der Waals surface area contributed by atoms with Crippen molar-refractivity contribution in [3.05, 3.63) is 26.7 Å². The zero-order valence-electron chi connectivity index (χ0n) is 7.87. The summed E-state index contributed by atoms with van der Waals surface area (Å²) in [5, 5.41) is 9.18. The Kier molecular flexibility index (Phi) is 2.73. The molecule has 0 atom stereocenters. The van der Waals surface area contributed by atoms with Crippen LogP contribution in [0.25, 0.3) is 0 Å². The highest BCUT2D eigenvalue weighted by atomic mass is 19.1. The van der Waals surface area contributed by atoms with Gasteiger partial charge in [0.25, 0.3) is 5.56 Å². The number of nitrogens with zero attached hydrogens (tertiary/aromatic N) is 1. The molecule has 0 radical (unpaired) electrons. The number of aromatic nitrogens is 2. The fourth-order valence-electron chi connectivity index (χ4n) is 1.07. The first-order valence-electron chi connectivity index (χ1n) is 4.15. The van der Waals surface area contributed by atoms with Crippen molar-refractivity contribution >= 4 is 0 Å². The summed E-state index contributed by atoms with van der Waals surface area (Å²) < 4.78 is 13.7. The quantitative estimate of drug-likeness (QED) is 0.710. The number of aromatic hydroxyl groups is 1. The summed E-state index contributed by atoms with van der Waals surface area (Å²) in [6.45, 7) is 3.75. The average molecular weight is 202 g/mol. The normalized spacial score (nSPS) is 10.9. The van der Waals surface area contributed by atoms with E-state index in [1.165, 1.54) is 0 Å². The van der Waals surface area contributed by atoms with E-state index >= 15 is 0 Å². The Balaban J connectivity index is 3.37. The van der Waals surface area contributed by atoms with Crippen LogP contribution in [0.5, 0.6) is 5.88 Å². The SMILES string of the molecule is CC(C)Cn1c(O)c(F)c(=O)[nH]c1=O. The maximum absolute atomic E-state index is 12.9. The number of hydrogen-bond acceptors (Lipinski definition) is 3. The van der Waals surface area contributed by atoms with Crippen molar-refractivity contribution < 1.29 is 9.50 Å². The molecule has 0 aliphatic heterocycles. The number of halogens is 1. The minimum Gasteiger partial charge on any atom is -0.492 e. The molecule has 1 aromatic heterocycles. The van der Waals surface area contributed by atoms with Crippen molar-refractivity contribution in [1.82, 2.24) is 9.55 Å². The fraction of sp³-hybridized carbons (Fsp3) is 0.500. The van der Waals surface area contributed by atoms with E-state index < -0.39 is 22.9 Å². The molecule has 1 rings (SSSR count). The van der Waals surface area contributed by atoms with E-state index in [2.05, 4.69) is 0 Å². The van der Waals surface area contributed by atoms with Gasteiger partial charge in [-0.05, 0) is 5.92 Å². The van der Waals surface area contributed by atoms with Crippen LogP contribution in [0, 0.1) is 11.7 Å². The Bertz CT molecular complexity index is 447. The Morgan fingerprint density at radius 3 is 2.57 bits per heavy atom. The lowest BCUT2D eigenvalue weighted by Crippen LogP contribution is -2.32. The summed E-state index contributed by atoms with van der Waals surface area (Å²) in [5.41, 5.74) is -2.00. The van der Waals surface area contributed by atoms with Gasteiger partial charge in [-0.3, -0.25) is 14.3 Å². The predicted molar refractivity (Wildman–Crippen MR) is 47.8 cm³/mol. The molecule has 6 heteroatoms. The minimum absolute atomic E-state index is 0.0592. The molecule has 0 unspecified atom stereocenters. The zero-order valence-corrected chi connectivity index (χ0v) is 7.87. The number of H-pyrrole nitrogens is 1. The number of nitrogens with one attached hydrogen (secondary N) is 1. The second-order valence-electron chi connectivity index (χ2n) is 3.40. The van der Waals surface area contributed by atoms with E-state index in [9.17, 15) is 19.1 Å². The first kappa shape index (κ1) is 10.5. The Morgan fingerprint density at radius 2 is 2.07 bits per heavy atom. The van der Waals surface area contributed by atoms with Gasteiger partial charge in [0.2, 0.25) is 11.7 Å². The van der Waals surface area contributed by atoms with E-state index in [0.717, 1.165) is 4.57 Å². The maximum Gasteiger partial charge on any atom is 0.331 e. The lowest BCUT2D eigenvalue weighted by molar-refractivity contribution is 0.343. The van der Waals surface area contributed by atoms with Crippen LogP contribution < -0.4 is 11.2 Å². The summed E-state index contributed by atoms with van der Waals surface area (Å²) in [6.07, 6.45) is 0. The zero-order chi connectivity index (χ0) is 10.9. The molecule has 0 fully saturated rings. The highest BCUT2D eigenvalue weighted by molar-refractivity contribution is 5.09. The molecular formula is C8H11FN2O3. The predicted octanol–water partition coefficient (Wildman–Crippen LogP) is 0.0373. The minimum atomic E-state index is -1.33. The van der Waals surface area contributed by atoms with E-state index in [0.29, 0.717) is 0 Å². The van der Waals surface area contributed by atoms with Gasteiger partial charge in [-0.2, -0.15) is 4.39 Å². The molecule has 0 aliphatic rings. The van der Waals surface area contributed by atoms with Gasteiger partial charge in [-0.25, -0.2) is 4.79 Å². The third kappa shape index (κ3) is 1.84. The highest BCUT2D eigenvalue weighted by Crippen LogP contribution is 2.09. The standard InChI is InChI=1S/C8H11FN2O3/c1-4(2)3-11-7(13)5(9)6(12)10-8(11)14/h4,13H,3H2,1-2H3,(H,10,12,14). The summed E-state index contributed by atoms with van der Waals surface area (Å²) in [7, 11) is 0. The molecule has 0 saturated heterocycles. The average Bonchev–Trinajstić information content (AvgIpc) is 2.09. The Labute approximate surface area is 78.8 Å². The molecule has 78 valence electrons. The molecular weight excluding hydrogens is 191 g/mol. The van der Waals surface area contributed by atoms with Gasteiger partial charge >= 0.3 is 5.69 Å². The molecule has 0 aliphatic carbocycles. The topological polar surface area (TPSA) is 75.1 Å². The van der Waals surface area contributed by atoms with Gasteiger partial charge in [-0.15, -0.1) is 0 Å². The van der Waals surface area contributed by atoms with Gasteiger partial charge in [-0.1, -0.05) is 13.8 Å². The van der Waals surface area contributed by atoms with Crippen LogP contribution in [0.1, 0.15) is 13.8 Å². The van der Waals surface area contributed by atoms with Gasteiger partial charge in [0.15, 0.2) is 0 Å². The van der Waals surface area contributed by atoms with Crippen LogP contribution >= 0.6 is 0 Å². The van der Waals surface area contributed by atoms with Crippen molar-refractivity contribution in [3.8, 4) is 5.88 Å². The first-order chi connectivity index (χ1) is 6.43. The first-order valence-corrected chi connectivity index (χ1v) is 4.15. The second kappa shape index (κ2) is 3.65. The number of hydrogen-bond donors (Lipinski definition) is 2. The lowest BCUT2D eigenvalue weighted by Gasteiger charge is -2.09. The van der Waals surface area contributed by atoms with Crippen LogP contribution in [-0.2, 0) is 6.54 Å². The van der Waals surface area contributed by atoms with Crippen LogP contribution in [0.15, 0.2) is 9.59 Å². The lowest BCUT2D eigenvalue weighted by atomic mass is 10.2. The summed E-state index contributed by atoms with van der Waals surface area (Å²) in [5.74, 6) is -2.18. The van der Waals surface area contributed by atoms with Crippen LogP contribution in [-0.4, -0.2) is 14.7 Å². The smallest absolute Gasteiger partial charge is 0.331 e. The molecule has 0 spiro atoms. The Morgan fingerprint density at radius 1 is 1.50 bits per heavy atom. The molecule has 1 aromatic rings. The number of rotatable bonds is 2. The molecule has 14 heavy (non-hydrogen) atoms. The number of aromatic amines is 1. The van der Waals surface area contributed by atoms with Crippen LogP contribution in [0.2, 0.25) is 0 Å². The molecule has 0 amide bonds. The molecule has 0 aromatic carbocycles. The van der Waals surface area contributed by atoms with E-state index in [4.69, 9.17) is 0 Å². The molecule has 0 bridgehead atoms. The maximum atomic E-state index is 12.9. The van der Waals surface area contributed by atoms with E-state index in [1.54, 1.807) is 18.8 Å². The summed E-state index contributed by atoms with van der Waals surface area (Å²) in [4.78, 5) is 23.6. The molecule has 5 nitrogen and oxygen atoms in total. The van der Waals surface area contributed by atoms with E-state index in [1.807, 2.05) is 0 Å². The Hall–Kier alpha value is -1.59. The molecule has 0 saturated carbocycles. The largest absolute Gasteiger partial charge is 0.492 e. The van der Waals surface area contributed by atoms with Crippen molar-refractivity contribution in [2.75, 3.05) is 0 Å². The monoisotopic (exact) mass is 202 g/mol. The highest BCUT2D eigenvalue weighted by Gasteiger charge is 2.13.